The zero-order chi connectivity index (χ0) is 15.5. The van der Waals surface area contributed by atoms with Gasteiger partial charge in [0.25, 0.3) is 0 Å². The van der Waals surface area contributed by atoms with E-state index in [1.54, 1.807) is 31.3 Å². The van der Waals surface area contributed by atoms with Crippen LogP contribution in [0.5, 0.6) is 0 Å². The van der Waals surface area contributed by atoms with Crippen molar-refractivity contribution in [2.75, 3.05) is 24.2 Å². The largest absolute Gasteiger partial charge is 0.341 e. The SMILES string of the molecule is CNC(=O)Nc1cccc(NC(=O)CCCCCCN)c1.Cl. The lowest BCUT2D eigenvalue weighted by atomic mass is 10.1. The Balaban J connectivity index is 0.00000441. The molecule has 124 valence electrons. The second-order valence-corrected chi connectivity index (χ2v) is 4.79. The number of hydrogen-bond acceptors (Lipinski definition) is 3. The molecule has 7 heteroatoms. The molecule has 0 saturated heterocycles. The molecule has 0 aliphatic carbocycles. The third kappa shape index (κ3) is 8.49. The molecule has 1 aromatic carbocycles. The predicted molar refractivity (Wildman–Crippen MR) is 92.5 cm³/mol. The van der Waals surface area contributed by atoms with Gasteiger partial charge in [0.15, 0.2) is 0 Å². The van der Waals surface area contributed by atoms with Gasteiger partial charge in [0.1, 0.15) is 0 Å². The fourth-order valence-electron chi connectivity index (χ4n) is 1.88. The van der Waals surface area contributed by atoms with Gasteiger partial charge in [-0.05, 0) is 37.6 Å². The lowest BCUT2D eigenvalue weighted by Crippen LogP contribution is -2.24. The van der Waals surface area contributed by atoms with Crippen LogP contribution in [0.25, 0.3) is 0 Å². The van der Waals surface area contributed by atoms with E-state index in [0.29, 0.717) is 24.3 Å². The Labute approximate surface area is 137 Å². The average Bonchev–Trinajstić information content (AvgIpc) is 2.47. The molecule has 22 heavy (non-hydrogen) atoms. The van der Waals surface area contributed by atoms with Gasteiger partial charge in [-0.25, -0.2) is 4.79 Å². The average molecular weight is 329 g/mol. The number of nitrogens with one attached hydrogen (secondary N) is 3. The van der Waals surface area contributed by atoms with Crippen LogP contribution in [0.2, 0.25) is 0 Å². The Morgan fingerprint density at radius 3 is 2.32 bits per heavy atom. The molecule has 0 atom stereocenters. The number of nitrogens with two attached hydrogens (primary N) is 1. The number of unbranched alkanes of at least 4 members (excludes halogenated alkanes) is 3. The van der Waals surface area contributed by atoms with Crippen LogP contribution in [-0.4, -0.2) is 25.5 Å². The predicted octanol–water partition coefficient (Wildman–Crippen LogP) is 2.71. The van der Waals surface area contributed by atoms with Gasteiger partial charge in [0.2, 0.25) is 5.91 Å². The van der Waals surface area contributed by atoms with Gasteiger partial charge in [-0.1, -0.05) is 18.9 Å². The van der Waals surface area contributed by atoms with Crippen LogP contribution in [-0.2, 0) is 4.79 Å². The number of amides is 3. The van der Waals surface area contributed by atoms with E-state index in [9.17, 15) is 9.59 Å². The van der Waals surface area contributed by atoms with Crippen LogP contribution in [0, 0.1) is 0 Å². The van der Waals surface area contributed by atoms with E-state index < -0.39 is 0 Å². The minimum absolute atomic E-state index is 0. The number of carbonyl (C=O) groups is 2. The Morgan fingerprint density at radius 2 is 1.68 bits per heavy atom. The Hall–Kier alpha value is -1.79. The van der Waals surface area contributed by atoms with Crippen molar-refractivity contribution in [2.24, 2.45) is 5.73 Å². The maximum absolute atomic E-state index is 11.8. The summed E-state index contributed by atoms with van der Waals surface area (Å²) in [6.07, 6.45) is 4.45. The summed E-state index contributed by atoms with van der Waals surface area (Å²) in [6.45, 7) is 0.706. The lowest BCUT2D eigenvalue weighted by molar-refractivity contribution is -0.116. The first-order valence-corrected chi connectivity index (χ1v) is 7.24. The molecule has 0 fully saturated rings. The summed E-state index contributed by atoms with van der Waals surface area (Å²) in [7, 11) is 1.55. The van der Waals surface area contributed by atoms with E-state index in [-0.39, 0.29) is 24.3 Å². The summed E-state index contributed by atoms with van der Waals surface area (Å²) in [5.74, 6) is -0.0140. The first-order chi connectivity index (χ1) is 10.2. The molecular formula is C15H25ClN4O2. The molecule has 0 radical (unpaired) electrons. The molecule has 1 rings (SSSR count). The zero-order valence-electron chi connectivity index (χ0n) is 12.9. The highest BCUT2D eigenvalue weighted by atomic mass is 35.5. The number of halogens is 1. The first-order valence-electron chi connectivity index (χ1n) is 7.24. The van der Waals surface area contributed by atoms with Crippen molar-refractivity contribution >= 4 is 35.7 Å². The van der Waals surface area contributed by atoms with E-state index in [4.69, 9.17) is 5.73 Å². The van der Waals surface area contributed by atoms with Crippen LogP contribution in [0.15, 0.2) is 24.3 Å². The molecule has 0 saturated carbocycles. The molecule has 1 aromatic rings. The van der Waals surface area contributed by atoms with Crippen LogP contribution >= 0.6 is 12.4 Å². The van der Waals surface area contributed by atoms with Crippen molar-refractivity contribution < 1.29 is 9.59 Å². The van der Waals surface area contributed by atoms with Gasteiger partial charge in [0, 0.05) is 24.8 Å². The fourth-order valence-corrected chi connectivity index (χ4v) is 1.88. The van der Waals surface area contributed by atoms with E-state index in [1.807, 2.05) is 0 Å². The highest BCUT2D eigenvalue weighted by molar-refractivity contribution is 5.93. The second kappa shape index (κ2) is 11.8. The van der Waals surface area contributed by atoms with Crippen molar-refractivity contribution in [1.82, 2.24) is 5.32 Å². The van der Waals surface area contributed by atoms with Gasteiger partial charge in [-0.2, -0.15) is 0 Å². The summed E-state index contributed by atoms with van der Waals surface area (Å²) in [5, 5.41) is 7.96. The quantitative estimate of drug-likeness (QED) is 0.552. The van der Waals surface area contributed by atoms with Crippen LogP contribution in [0.1, 0.15) is 32.1 Å². The highest BCUT2D eigenvalue weighted by Gasteiger charge is 2.04. The number of benzene rings is 1. The first kappa shape index (κ1) is 20.2. The van der Waals surface area contributed by atoms with Crippen LogP contribution in [0.3, 0.4) is 0 Å². The Morgan fingerprint density at radius 1 is 1.05 bits per heavy atom. The molecule has 0 aliphatic rings. The lowest BCUT2D eigenvalue weighted by Gasteiger charge is -2.08. The smallest absolute Gasteiger partial charge is 0.318 e. The molecule has 0 aromatic heterocycles. The molecule has 5 N–H and O–H groups in total. The van der Waals surface area contributed by atoms with E-state index in [2.05, 4.69) is 16.0 Å². The monoisotopic (exact) mass is 328 g/mol. The van der Waals surface area contributed by atoms with Gasteiger partial charge < -0.3 is 21.7 Å². The topological polar surface area (TPSA) is 96.2 Å². The third-order valence-electron chi connectivity index (χ3n) is 2.99. The van der Waals surface area contributed by atoms with Crippen molar-refractivity contribution in [3.63, 3.8) is 0 Å². The van der Waals surface area contributed by atoms with Crippen LogP contribution < -0.4 is 21.7 Å². The summed E-state index contributed by atoms with van der Waals surface area (Å²) in [6, 6.07) is 6.77. The number of hydrogen-bond donors (Lipinski definition) is 4. The Bertz CT molecular complexity index is 469. The summed E-state index contributed by atoms with van der Waals surface area (Å²) >= 11 is 0. The van der Waals surface area contributed by atoms with Gasteiger partial charge >= 0.3 is 6.03 Å². The van der Waals surface area contributed by atoms with E-state index >= 15 is 0 Å². The molecular weight excluding hydrogens is 304 g/mol. The number of carbonyl (C=O) groups excluding carboxylic acids is 2. The zero-order valence-corrected chi connectivity index (χ0v) is 13.7. The van der Waals surface area contributed by atoms with Crippen molar-refractivity contribution in [1.29, 1.82) is 0 Å². The number of urea groups is 1. The highest BCUT2D eigenvalue weighted by Crippen LogP contribution is 2.15. The molecule has 0 unspecified atom stereocenters. The fraction of sp³-hybridized carbons (Fsp3) is 0.467. The molecule has 0 spiro atoms. The number of rotatable bonds is 8. The number of anilines is 2. The third-order valence-corrected chi connectivity index (χ3v) is 2.99. The standard InChI is InChI=1S/C15H24N4O2.ClH/c1-17-15(21)19-13-8-6-7-12(11-13)18-14(20)9-4-2-3-5-10-16;/h6-8,11H,2-5,9-10,16H2,1H3,(H,18,20)(H2,17,19,21);1H. The normalized spacial score (nSPS) is 9.55. The molecule has 6 nitrogen and oxygen atoms in total. The molecule has 0 aliphatic heterocycles. The minimum atomic E-state index is -0.293. The maximum atomic E-state index is 11.8. The minimum Gasteiger partial charge on any atom is -0.341 e. The van der Waals surface area contributed by atoms with E-state index in [1.165, 1.54) is 0 Å². The second-order valence-electron chi connectivity index (χ2n) is 4.79. The van der Waals surface area contributed by atoms with Crippen molar-refractivity contribution in [2.45, 2.75) is 32.1 Å². The van der Waals surface area contributed by atoms with Gasteiger partial charge in [-0.3, -0.25) is 4.79 Å². The van der Waals surface area contributed by atoms with Gasteiger partial charge in [-0.15, -0.1) is 12.4 Å². The molecule has 3 amide bonds. The molecule has 0 heterocycles. The maximum Gasteiger partial charge on any atom is 0.318 e. The van der Waals surface area contributed by atoms with Crippen LogP contribution in [0.4, 0.5) is 16.2 Å². The summed E-state index contributed by atoms with van der Waals surface area (Å²) < 4.78 is 0. The summed E-state index contributed by atoms with van der Waals surface area (Å²) in [4.78, 5) is 23.0. The van der Waals surface area contributed by atoms with E-state index in [0.717, 1.165) is 25.7 Å². The van der Waals surface area contributed by atoms with Crippen molar-refractivity contribution in [3.8, 4) is 0 Å². The summed E-state index contributed by atoms with van der Waals surface area (Å²) in [5.41, 5.74) is 6.73. The molecule has 0 bridgehead atoms. The Kier molecular flexibility index (Phi) is 10.9. The van der Waals surface area contributed by atoms with Gasteiger partial charge in [0.05, 0.1) is 0 Å². The van der Waals surface area contributed by atoms with Crippen molar-refractivity contribution in [3.05, 3.63) is 24.3 Å².